The van der Waals surface area contributed by atoms with Crippen molar-refractivity contribution in [3.8, 4) is 5.75 Å². The lowest BCUT2D eigenvalue weighted by molar-refractivity contribution is -0.113. The van der Waals surface area contributed by atoms with Gasteiger partial charge in [-0.3, -0.25) is 9.69 Å². The molecule has 0 fully saturated rings. The molecule has 0 bridgehead atoms. The quantitative estimate of drug-likeness (QED) is 0.382. The molecule has 32 heavy (non-hydrogen) atoms. The van der Waals surface area contributed by atoms with Crippen molar-refractivity contribution in [1.82, 2.24) is 0 Å². The van der Waals surface area contributed by atoms with E-state index in [1.807, 2.05) is 85.8 Å². The standard InChI is InChI=1S/C28H22N2O2/c1-19-10-14-23(15-11-19)30-27(21-12-16-24(32-2)17-13-21)29-26(28(30)31)18-22-8-5-7-20-6-3-4-9-25(20)22/h3-18H,1-2H3/b26-18+. The van der Waals surface area contributed by atoms with E-state index in [4.69, 9.17) is 9.73 Å². The second kappa shape index (κ2) is 8.16. The van der Waals surface area contributed by atoms with Crippen LogP contribution in [0.3, 0.4) is 0 Å². The molecule has 1 amide bonds. The molecular formula is C28H22N2O2. The molecule has 0 aromatic heterocycles. The van der Waals surface area contributed by atoms with E-state index < -0.39 is 0 Å². The Bertz CT molecular complexity index is 1360. The molecule has 0 spiro atoms. The number of hydrogen-bond acceptors (Lipinski definition) is 3. The number of fused-ring (bicyclic) bond motifs is 1. The van der Waals surface area contributed by atoms with Gasteiger partial charge >= 0.3 is 0 Å². The highest BCUT2D eigenvalue weighted by Gasteiger charge is 2.32. The summed E-state index contributed by atoms with van der Waals surface area (Å²) in [6.45, 7) is 2.03. The molecular weight excluding hydrogens is 396 g/mol. The van der Waals surface area contributed by atoms with E-state index in [9.17, 15) is 4.79 Å². The number of benzene rings is 4. The van der Waals surface area contributed by atoms with Crippen LogP contribution in [0, 0.1) is 6.92 Å². The predicted octanol–water partition coefficient (Wildman–Crippen LogP) is 5.99. The lowest BCUT2D eigenvalue weighted by Crippen LogP contribution is -2.32. The van der Waals surface area contributed by atoms with Gasteiger partial charge in [-0.05, 0) is 65.7 Å². The number of carbonyl (C=O) groups is 1. The molecule has 5 rings (SSSR count). The maximum Gasteiger partial charge on any atom is 0.282 e. The minimum atomic E-state index is -0.146. The number of ether oxygens (including phenoxy) is 1. The second-order valence-electron chi connectivity index (χ2n) is 7.74. The Morgan fingerprint density at radius 1 is 0.844 bits per heavy atom. The molecule has 4 nitrogen and oxygen atoms in total. The highest BCUT2D eigenvalue weighted by atomic mass is 16.5. The fraction of sp³-hybridized carbons (Fsp3) is 0.0714. The zero-order valence-electron chi connectivity index (χ0n) is 17.9. The van der Waals surface area contributed by atoms with Crippen LogP contribution >= 0.6 is 0 Å². The Labute approximate surface area is 187 Å². The maximum absolute atomic E-state index is 13.6. The molecule has 0 N–H and O–H groups in total. The zero-order chi connectivity index (χ0) is 22.1. The van der Waals surface area contributed by atoms with E-state index in [1.165, 1.54) is 0 Å². The average Bonchev–Trinajstić information content (AvgIpc) is 3.16. The first-order chi connectivity index (χ1) is 15.6. The van der Waals surface area contributed by atoms with E-state index in [-0.39, 0.29) is 5.91 Å². The largest absolute Gasteiger partial charge is 0.497 e. The van der Waals surface area contributed by atoms with Crippen molar-refractivity contribution in [2.24, 2.45) is 4.99 Å². The van der Waals surface area contributed by atoms with Crippen LogP contribution < -0.4 is 9.64 Å². The fourth-order valence-corrected chi connectivity index (χ4v) is 3.91. The van der Waals surface area contributed by atoms with Crippen LogP contribution in [0.5, 0.6) is 5.75 Å². The fourth-order valence-electron chi connectivity index (χ4n) is 3.91. The summed E-state index contributed by atoms with van der Waals surface area (Å²) in [6.07, 6.45) is 1.88. The molecule has 0 saturated carbocycles. The lowest BCUT2D eigenvalue weighted by Gasteiger charge is -2.19. The molecule has 0 radical (unpaired) electrons. The molecule has 0 unspecified atom stereocenters. The third-order valence-electron chi connectivity index (χ3n) is 5.62. The number of aryl methyl sites for hydroxylation is 1. The summed E-state index contributed by atoms with van der Waals surface area (Å²) in [5.74, 6) is 1.22. The Kier molecular flexibility index (Phi) is 5.04. The Hall–Kier alpha value is -4.18. The van der Waals surface area contributed by atoms with E-state index in [1.54, 1.807) is 12.0 Å². The van der Waals surface area contributed by atoms with Gasteiger partial charge in [0, 0.05) is 5.56 Å². The molecule has 4 aromatic carbocycles. The third-order valence-corrected chi connectivity index (χ3v) is 5.62. The second-order valence-corrected chi connectivity index (χ2v) is 7.74. The normalized spacial score (nSPS) is 14.8. The summed E-state index contributed by atoms with van der Waals surface area (Å²) in [4.78, 5) is 20.0. The van der Waals surface area contributed by atoms with Gasteiger partial charge in [-0.25, -0.2) is 4.99 Å². The van der Waals surface area contributed by atoms with Gasteiger partial charge in [0.25, 0.3) is 5.91 Å². The molecule has 0 saturated heterocycles. The first-order valence-corrected chi connectivity index (χ1v) is 10.5. The van der Waals surface area contributed by atoms with Crippen LogP contribution in [0.1, 0.15) is 16.7 Å². The zero-order valence-corrected chi connectivity index (χ0v) is 17.9. The number of carbonyl (C=O) groups excluding carboxylic acids is 1. The van der Waals surface area contributed by atoms with Crippen LogP contribution in [-0.2, 0) is 4.79 Å². The van der Waals surface area contributed by atoms with Crippen LogP contribution in [0.25, 0.3) is 16.8 Å². The molecule has 1 aliphatic rings. The first-order valence-electron chi connectivity index (χ1n) is 10.5. The minimum Gasteiger partial charge on any atom is -0.497 e. The molecule has 4 heteroatoms. The summed E-state index contributed by atoms with van der Waals surface area (Å²) in [5, 5.41) is 2.22. The number of amidine groups is 1. The van der Waals surface area contributed by atoms with E-state index in [2.05, 4.69) is 18.2 Å². The number of hydrogen-bond donors (Lipinski definition) is 0. The lowest BCUT2D eigenvalue weighted by atomic mass is 10.0. The van der Waals surface area contributed by atoms with Crippen LogP contribution in [0.15, 0.2) is 102 Å². The van der Waals surface area contributed by atoms with Crippen LogP contribution in [0.4, 0.5) is 5.69 Å². The minimum absolute atomic E-state index is 0.146. The highest BCUT2D eigenvalue weighted by Crippen LogP contribution is 2.30. The van der Waals surface area contributed by atoms with Gasteiger partial charge in [0.2, 0.25) is 0 Å². The predicted molar refractivity (Wildman–Crippen MR) is 130 cm³/mol. The number of anilines is 1. The van der Waals surface area contributed by atoms with Crippen molar-refractivity contribution >= 4 is 34.3 Å². The Balaban J connectivity index is 1.64. The van der Waals surface area contributed by atoms with E-state index in [0.29, 0.717) is 11.5 Å². The van der Waals surface area contributed by atoms with Crippen LogP contribution in [0.2, 0.25) is 0 Å². The molecule has 1 aliphatic heterocycles. The number of rotatable bonds is 4. The van der Waals surface area contributed by atoms with Gasteiger partial charge in [0.1, 0.15) is 17.3 Å². The highest BCUT2D eigenvalue weighted by molar-refractivity contribution is 6.33. The molecule has 4 aromatic rings. The summed E-state index contributed by atoms with van der Waals surface area (Å²) >= 11 is 0. The van der Waals surface area contributed by atoms with Gasteiger partial charge in [-0.1, -0.05) is 60.2 Å². The monoisotopic (exact) mass is 418 g/mol. The molecule has 0 atom stereocenters. The third kappa shape index (κ3) is 3.56. The van der Waals surface area contributed by atoms with E-state index in [0.717, 1.165) is 38.9 Å². The van der Waals surface area contributed by atoms with Gasteiger partial charge in [0.15, 0.2) is 0 Å². The number of amides is 1. The van der Waals surface area contributed by atoms with Gasteiger partial charge < -0.3 is 4.74 Å². The van der Waals surface area contributed by atoms with Crippen molar-refractivity contribution in [1.29, 1.82) is 0 Å². The van der Waals surface area contributed by atoms with Crippen molar-refractivity contribution in [2.75, 3.05) is 12.0 Å². The van der Waals surface area contributed by atoms with Gasteiger partial charge in [0.05, 0.1) is 12.8 Å². The van der Waals surface area contributed by atoms with Gasteiger partial charge in [-0.15, -0.1) is 0 Å². The molecule has 1 heterocycles. The van der Waals surface area contributed by atoms with E-state index >= 15 is 0 Å². The summed E-state index contributed by atoms with van der Waals surface area (Å²) in [7, 11) is 1.63. The maximum atomic E-state index is 13.6. The first kappa shape index (κ1) is 19.8. The van der Waals surface area contributed by atoms with Crippen molar-refractivity contribution in [3.05, 3.63) is 113 Å². The topological polar surface area (TPSA) is 41.9 Å². The van der Waals surface area contributed by atoms with Crippen molar-refractivity contribution < 1.29 is 9.53 Å². The molecule has 0 aliphatic carbocycles. The smallest absolute Gasteiger partial charge is 0.282 e. The van der Waals surface area contributed by atoms with Crippen LogP contribution in [-0.4, -0.2) is 18.9 Å². The summed E-state index contributed by atoms with van der Waals surface area (Å²) < 4.78 is 5.29. The average molecular weight is 418 g/mol. The SMILES string of the molecule is COc1ccc(C2=N/C(=C/c3cccc4ccccc34)C(=O)N2c2ccc(C)cc2)cc1. The number of aliphatic imine (C=N–C) groups is 1. The number of methoxy groups -OCH3 is 1. The Morgan fingerprint density at radius 2 is 1.56 bits per heavy atom. The summed E-state index contributed by atoms with van der Waals surface area (Å²) in [6, 6.07) is 29.7. The van der Waals surface area contributed by atoms with Gasteiger partial charge in [-0.2, -0.15) is 0 Å². The molecule has 156 valence electrons. The number of nitrogens with zero attached hydrogens (tertiary/aromatic N) is 2. The summed E-state index contributed by atoms with van der Waals surface area (Å²) in [5.41, 5.74) is 4.15. The van der Waals surface area contributed by atoms with Crippen molar-refractivity contribution in [2.45, 2.75) is 6.92 Å². The van der Waals surface area contributed by atoms with Crippen molar-refractivity contribution in [3.63, 3.8) is 0 Å². The Morgan fingerprint density at radius 3 is 2.31 bits per heavy atom.